The number of piperazine rings is 1. The molecule has 0 aliphatic carbocycles. The molecule has 6 nitrogen and oxygen atoms in total. The molecule has 2 aromatic carbocycles. The number of nitrogens with zero attached hydrogens (tertiary/aromatic N) is 1. The van der Waals surface area contributed by atoms with E-state index < -0.39 is 0 Å². The summed E-state index contributed by atoms with van der Waals surface area (Å²) in [5, 5.41) is 3.52. The minimum atomic E-state index is -0.170. The van der Waals surface area contributed by atoms with Crippen LogP contribution in [0.4, 0.5) is 11.4 Å². The van der Waals surface area contributed by atoms with Crippen LogP contribution >= 0.6 is 11.6 Å². The van der Waals surface area contributed by atoms with Gasteiger partial charge >= 0.3 is 0 Å². The van der Waals surface area contributed by atoms with Crippen molar-refractivity contribution < 1.29 is 19.2 Å². The van der Waals surface area contributed by atoms with Crippen molar-refractivity contribution in [2.45, 2.75) is 13.0 Å². The van der Waals surface area contributed by atoms with Gasteiger partial charge in [0.2, 0.25) is 0 Å². The number of ether oxygens (including phenoxy) is 2. The molecular formula is C21H27ClN3O3+. The Labute approximate surface area is 171 Å². The van der Waals surface area contributed by atoms with Crippen LogP contribution in [0, 0.1) is 0 Å². The maximum absolute atomic E-state index is 12.8. The van der Waals surface area contributed by atoms with Gasteiger partial charge in [0, 0.05) is 16.8 Å². The second-order valence-electron chi connectivity index (χ2n) is 6.90. The molecule has 1 heterocycles. The van der Waals surface area contributed by atoms with E-state index in [4.69, 9.17) is 21.1 Å². The highest BCUT2D eigenvalue weighted by atomic mass is 35.5. The van der Waals surface area contributed by atoms with E-state index in [-0.39, 0.29) is 11.9 Å². The number of quaternary nitrogens is 1. The molecule has 1 saturated heterocycles. The molecular weight excluding hydrogens is 378 g/mol. The number of hydrogen-bond donors (Lipinski definition) is 2. The zero-order chi connectivity index (χ0) is 20.1. The normalized spacial score (nSPS) is 15.8. The van der Waals surface area contributed by atoms with Crippen LogP contribution in [0.25, 0.3) is 0 Å². The third kappa shape index (κ3) is 4.69. The van der Waals surface area contributed by atoms with Crippen LogP contribution in [0.1, 0.15) is 6.92 Å². The maximum Gasteiger partial charge on any atom is 0.282 e. The lowest BCUT2D eigenvalue weighted by Gasteiger charge is -2.36. The van der Waals surface area contributed by atoms with Gasteiger partial charge in [-0.05, 0) is 37.3 Å². The SMILES string of the molecule is COc1cccc(N2CC[NH+]([C@@H](C)C(=O)Nc3cc(Cl)ccc3OC)CC2)c1. The first-order valence-corrected chi connectivity index (χ1v) is 9.77. The van der Waals surface area contributed by atoms with Gasteiger partial charge in [-0.25, -0.2) is 0 Å². The number of halogens is 1. The summed E-state index contributed by atoms with van der Waals surface area (Å²) in [6.45, 7) is 5.51. The van der Waals surface area contributed by atoms with Gasteiger partial charge in [-0.1, -0.05) is 17.7 Å². The summed E-state index contributed by atoms with van der Waals surface area (Å²) < 4.78 is 10.6. The number of rotatable bonds is 6. The molecule has 3 rings (SSSR count). The molecule has 0 aromatic heterocycles. The van der Waals surface area contributed by atoms with Gasteiger partial charge < -0.3 is 24.6 Å². The summed E-state index contributed by atoms with van der Waals surface area (Å²) >= 11 is 6.05. The second kappa shape index (κ2) is 9.17. The fraction of sp³-hybridized carbons (Fsp3) is 0.381. The fourth-order valence-electron chi connectivity index (χ4n) is 3.50. The standard InChI is InChI=1S/C21H26ClN3O3/c1-15(21(26)23-19-13-16(22)7-8-20(19)28-3)24-9-11-25(12-10-24)17-5-4-6-18(14-17)27-2/h4-8,13-15H,9-12H2,1-3H3,(H,23,26)/p+1/t15-/m0/s1. The molecule has 28 heavy (non-hydrogen) atoms. The molecule has 7 heteroatoms. The monoisotopic (exact) mass is 404 g/mol. The first kappa shape index (κ1) is 20.3. The van der Waals surface area contributed by atoms with E-state index in [0.29, 0.717) is 16.5 Å². The summed E-state index contributed by atoms with van der Waals surface area (Å²) in [6.07, 6.45) is 0. The van der Waals surface area contributed by atoms with Gasteiger partial charge in [0.05, 0.1) is 46.1 Å². The van der Waals surface area contributed by atoms with Crippen LogP contribution in [0.2, 0.25) is 5.02 Å². The number of amides is 1. The van der Waals surface area contributed by atoms with Crippen molar-refractivity contribution in [3.05, 3.63) is 47.5 Å². The van der Waals surface area contributed by atoms with Gasteiger partial charge in [-0.2, -0.15) is 0 Å². The number of nitrogens with one attached hydrogen (secondary N) is 2. The van der Waals surface area contributed by atoms with E-state index in [1.54, 1.807) is 32.4 Å². The Morgan fingerprint density at radius 1 is 1.14 bits per heavy atom. The first-order valence-electron chi connectivity index (χ1n) is 9.40. The third-order valence-corrected chi connectivity index (χ3v) is 5.48. The molecule has 1 aliphatic rings. The summed E-state index contributed by atoms with van der Waals surface area (Å²) in [7, 11) is 3.25. The summed E-state index contributed by atoms with van der Waals surface area (Å²) in [4.78, 5) is 16.4. The predicted octanol–water partition coefficient (Wildman–Crippen LogP) is 2.09. The molecule has 0 spiro atoms. The molecule has 0 radical (unpaired) electrons. The van der Waals surface area contributed by atoms with Crippen molar-refractivity contribution in [2.24, 2.45) is 0 Å². The minimum Gasteiger partial charge on any atom is -0.497 e. The lowest BCUT2D eigenvalue weighted by atomic mass is 10.2. The summed E-state index contributed by atoms with van der Waals surface area (Å²) in [6, 6.07) is 13.1. The van der Waals surface area contributed by atoms with Crippen LogP contribution < -0.4 is 24.6 Å². The van der Waals surface area contributed by atoms with Crippen LogP contribution in [0.3, 0.4) is 0 Å². The Bertz CT molecular complexity index is 822. The number of carbonyl (C=O) groups is 1. The maximum atomic E-state index is 12.8. The van der Waals surface area contributed by atoms with Crippen molar-refractivity contribution >= 4 is 28.9 Å². The number of methoxy groups -OCH3 is 2. The number of hydrogen-bond acceptors (Lipinski definition) is 4. The Kier molecular flexibility index (Phi) is 6.65. The molecule has 150 valence electrons. The van der Waals surface area contributed by atoms with E-state index >= 15 is 0 Å². The molecule has 0 bridgehead atoms. The molecule has 1 amide bonds. The molecule has 2 N–H and O–H groups in total. The van der Waals surface area contributed by atoms with Crippen molar-refractivity contribution in [1.29, 1.82) is 0 Å². The lowest BCUT2D eigenvalue weighted by molar-refractivity contribution is -0.914. The average Bonchev–Trinajstić information content (AvgIpc) is 2.73. The number of carbonyl (C=O) groups excluding carboxylic acids is 1. The second-order valence-corrected chi connectivity index (χ2v) is 7.34. The van der Waals surface area contributed by atoms with E-state index in [9.17, 15) is 4.79 Å². The van der Waals surface area contributed by atoms with E-state index in [1.807, 2.05) is 25.1 Å². The lowest BCUT2D eigenvalue weighted by Crippen LogP contribution is -3.19. The highest BCUT2D eigenvalue weighted by Gasteiger charge is 2.29. The van der Waals surface area contributed by atoms with E-state index in [2.05, 4.69) is 16.3 Å². The zero-order valence-electron chi connectivity index (χ0n) is 16.5. The van der Waals surface area contributed by atoms with Crippen molar-refractivity contribution in [1.82, 2.24) is 0 Å². The molecule has 1 atom stereocenters. The summed E-state index contributed by atoms with van der Waals surface area (Å²) in [5.41, 5.74) is 1.75. The van der Waals surface area contributed by atoms with Crippen LogP contribution in [0.5, 0.6) is 11.5 Å². The van der Waals surface area contributed by atoms with Gasteiger partial charge in [0.15, 0.2) is 6.04 Å². The van der Waals surface area contributed by atoms with Crippen molar-refractivity contribution in [2.75, 3.05) is 50.6 Å². The van der Waals surface area contributed by atoms with E-state index in [0.717, 1.165) is 37.6 Å². The van der Waals surface area contributed by atoms with Crippen LogP contribution in [0.15, 0.2) is 42.5 Å². The topological polar surface area (TPSA) is 55.2 Å². The van der Waals surface area contributed by atoms with Gasteiger partial charge in [-0.3, -0.25) is 4.79 Å². The Balaban J connectivity index is 1.59. The summed E-state index contributed by atoms with van der Waals surface area (Å²) in [5.74, 6) is 1.42. The molecule has 1 fully saturated rings. The first-order chi connectivity index (χ1) is 13.5. The van der Waals surface area contributed by atoms with Crippen LogP contribution in [-0.2, 0) is 4.79 Å². The Hall–Kier alpha value is -2.44. The largest absolute Gasteiger partial charge is 0.497 e. The van der Waals surface area contributed by atoms with Gasteiger partial charge in [0.1, 0.15) is 11.5 Å². The highest BCUT2D eigenvalue weighted by Crippen LogP contribution is 2.27. The van der Waals surface area contributed by atoms with Crippen molar-refractivity contribution in [3.63, 3.8) is 0 Å². The quantitative estimate of drug-likeness (QED) is 0.774. The highest BCUT2D eigenvalue weighted by molar-refractivity contribution is 6.31. The zero-order valence-corrected chi connectivity index (χ0v) is 17.3. The van der Waals surface area contributed by atoms with E-state index in [1.165, 1.54) is 4.90 Å². The van der Waals surface area contributed by atoms with Gasteiger partial charge in [0.25, 0.3) is 5.91 Å². The predicted molar refractivity (Wildman–Crippen MR) is 112 cm³/mol. The average molecular weight is 405 g/mol. The molecule has 0 saturated carbocycles. The third-order valence-electron chi connectivity index (χ3n) is 5.25. The fourth-order valence-corrected chi connectivity index (χ4v) is 3.67. The molecule has 0 unspecified atom stereocenters. The Morgan fingerprint density at radius 3 is 2.57 bits per heavy atom. The molecule has 2 aromatic rings. The van der Waals surface area contributed by atoms with Crippen LogP contribution in [-0.4, -0.2) is 52.3 Å². The number of anilines is 2. The number of benzene rings is 2. The van der Waals surface area contributed by atoms with Crippen molar-refractivity contribution in [3.8, 4) is 11.5 Å². The molecule has 1 aliphatic heterocycles. The minimum absolute atomic E-state index is 0.0367. The smallest absolute Gasteiger partial charge is 0.282 e. The Morgan fingerprint density at radius 2 is 1.89 bits per heavy atom. The van der Waals surface area contributed by atoms with Gasteiger partial charge in [-0.15, -0.1) is 0 Å².